The van der Waals surface area contributed by atoms with Gasteiger partial charge in [-0.3, -0.25) is 0 Å². The predicted molar refractivity (Wildman–Crippen MR) is 273 cm³/mol. The molecule has 0 aliphatic carbocycles. The molecule has 3 heterocycles. The molecule has 14 rings (SSSR count). The van der Waals surface area contributed by atoms with Crippen molar-refractivity contribution in [1.29, 1.82) is 0 Å². The van der Waals surface area contributed by atoms with Crippen LogP contribution in [0.4, 0.5) is 0 Å². The Morgan fingerprint density at radius 2 is 0.894 bits per heavy atom. The van der Waals surface area contributed by atoms with Crippen LogP contribution in [-0.4, -0.2) is 19.5 Å². The van der Waals surface area contributed by atoms with Crippen molar-refractivity contribution in [2.24, 2.45) is 0 Å². The SMILES string of the molecule is c1ccc(-c2ccc(-c3nc(-c4cc5ccccc5c5ccccc45)nc(-c4c5ccccc5c(-n5c6ccccc6c6cc7ccccc7cc65)c5oc6ccccc6c45)n3)cc2)cc1. The third-order valence-electron chi connectivity index (χ3n) is 13.4. The molecule has 0 spiro atoms. The Morgan fingerprint density at radius 1 is 0.333 bits per heavy atom. The van der Waals surface area contributed by atoms with Gasteiger partial charge in [0.05, 0.1) is 16.7 Å². The van der Waals surface area contributed by atoms with Gasteiger partial charge >= 0.3 is 0 Å². The molecule has 5 heteroatoms. The minimum absolute atomic E-state index is 0.576. The van der Waals surface area contributed by atoms with E-state index in [2.05, 4.69) is 211 Å². The maximum atomic E-state index is 7.16. The molecule has 5 nitrogen and oxygen atoms in total. The maximum Gasteiger partial charge on any atom is 0.165 e. The van der Waals surface area contributed by atoms with Crippen LogP contribution in [0.25, 0.3) is 138 Å². The fourth-order valence-electron chi connectivity index (χ4n) is 10.4. The lowest BCUT2D eigenvalue weighted by Gasteiger charge is -2.17. The number of rotatable bonds is 5. The number of para-hydroxylation sites is 2. The lowest BCUT2D eigenvalue weighted by molar-refractivity contribution is 0.667. The molecule has 14 aromatic rings. The Labute approximate surface area is 378 Å². The highest BCUT2D eigenvalue weighted by molar-refractivity contribution is 6.26. The molecular formula is C61H36N4O. The molecule has 0 aliphatic rings. The van der Waals surface area contributed by atoms with Gasteiger partial charge in [-0.2, -0.15) is 0 Å². The smallest absolute Gasteiger partial charge is 0.165 e. The van der Waals surface area contributed by atoms with Crippen molar-refractivity contribution in [2.45, 2.75) is 0 Å². The summed E-state index contributed by atoms with van der Waals surface area (Å²) in [7, 11) is 0. The zero-order valence-corrected chi connectivity index (χ0v) is 35.5. The largest absolute Gasteiger partial charge is 0.454 e. The number of furan rings is 1. The fourth-order valence-corrected chi connectivity index (χ4v) is 10.4. The van der Waals surface area contributed by atoms with Crippen molar-refractivity contribution >= 4 is 86.8 Å². The summed E-state index contributed by atoms with van der Waals surface area (Å²) in [5.41, 5.74) is 9.79. The highest BCUT2D eigenvalue weighted by Gasteiger charge is 2.27. The number of benzene rings is 11. The van der Waals surface area contributed by atoms with Crippen LogP contribution in [0.2, 0.25) is 0 Å². The molecule has 66 heavy (non-hydrogen) atoms. The summed E-state index contributed by atoms with van der Waals surface area (Å²) >= 11 is 0. The maximum absolute atomic E-state index is 7.16. The average molecular weight is 841 g/mol. The summed E-state index contributed by atoms with van der Waals surface area (Å²) in [5.74, 6) is 1.77. The lowest BCUT2D eigenvalue weighted by Crippen LogP contribution is -2.03. The van der Waals surface area contributed by atoms with E-state index < -0.39 is 0 Å². The molecular weight excluding hydrogens is 805 g/mol. The van der Waals surface area contributed by atoms with Gasteiger partial charge in [0.15, 0.2) is 23.1 Å². The van der Waals surface area contributed by atoms with Crippen molar-refractivity contribution in [2.75, 3.05) is 0 Å². The summed E-state index contributed by atoms with van der Waals surface area (Å²) in [6.45, 7) is 0. The van der Waals surface area contributed by atoms with Gasteiger partial charge in [-0.05, 0) is 79.2 Å². The predicted octanol–water partition coefficient (Wildman–Crippen LogP) is 16.1. The van der Waals surface area contributed by atoms with Gasteiger partial charge in [-0.25, -0.2) is 15.0 Å². The van der Waals surface area contributed by atoms with Crippen molar-refractivity contribution in [3.05, 3.63) is 218 Å². The molecule has 0 amide bonds. The average Bonchev–Trinajstić information content (AvgIpc) is 3.92. The minimum Gasteiger partial charge on any atom is -0.454 e. The fraction of sp³-hybridized carbons (Fsp3) is 0. The molecule has 0 saturated heterocycles. The van der Waals surface area contributed by atoms with Crippen molar-refractivity contribution in [3.8, 4) is 51.0 Å². The highest BCUT2D eigenvalue weighted by Crippen LogP contribution is 2.48. The van der Waals surface area contributed by atoms with Crippen LogP contribution in [0.1, 0.15) is 0 Å². The van der Waals surface area contributed by atoms with Gasteiger partial charge in [0.1, 0.15) is 5.58 Å². The lowest BCUT2D eigenvalue weighted by atomic mass is 9.95. The first kappa shape index (κ1) is 36.5. The number of nitrogens with zero attached hydrogens (tertiary/aromatic N) is 4. The first-order valence-electron chi connectivity index (χ1n) is 22.3. The zero-order chi connectivity index (χ0) is 43.3. The van der Waals surface area contributed by atoms with Crippen molar-refractivity contribution in [1.82, 2.24) is 19.5 Å². The molecule has 0 saturated carbocycles. The molecule has 0 bridgehead atoms. The Hall–Kier alpha value is -8.93. The van der Waals surface area contributed by atoms with E-state index in [1.165, 1.54) is 26.9 Å². The monoisotopic (exact) mass is 840 g/mol. The molecule has 306 valence electrons. The number of aromatic nitrogens is 4. The first-order chi connectivity index (χ1) is 32.7. The zero-order valence-electron chi connectivity index (χ0n) is 35.5. The Morgan fingerprint density at radius 3 is 1.70 bits per heavy atom. The van der Waals surface area contributed by atoms with E-state index in [-0.39, 0.29) is 0 Å². The van der Waals surface area contributed by atoms with Gasteiger partial charge in [-0.1, -0.05) is 188 Å². The van der Waals surface area contributed by atoms with E-state index in [1.807, 2.05) is 12.1 Å². The van der Waals surface area contributed by atoms with Crippen LogP contribution in [-0.2, 0) is 0 Å². The summed E-state index contributed by atoms with van der Waals surface area (Å²) < 4.78 is 9.57. The van der Waals surface area contributed by atoms with Gasteiger partial charge < -0.3 is 8.98 Å². The normalized spacial score (nSPS) is 11.9. The molecule has 11 aromatic carbocycles. The van der Waals surface area contributed by atoms with E-state index in [9.17, 15) is 0 Å². The van der Waals surface area contributed by atoms with E-state index in [1.54, 1.807) is 0 Å². The van der Waals surface area contributed by atoms with Crippen LogP contribution in [0.15, 0.2) is 223 Å². The number of hydrogen-bond donors (Lipinski definition) is 0. The first-order valence-corrected chi connectivity index (χ1v) is 22.3. The quantitative estimate of drug-likeness (QED) is 0.162. The molecule has 0 aliphatic heterocycles. The summed E-state index contributed by atoms with van der Waals surface area (Å²) in [4.78, 5) is 16.4. The molecule has 0 unspecified atom stereocenters. The van der Waals surface area contributed by atoms with E-state index in [4.69, 9.17) is 19.4 Å². The summed E-state index contributed by atoms with van der Waals surface area (Å²) in [5, 5.41) is 13.3. The molecule has 3 aromatic heterocycles. The Bertz CT molecular complexity index is 4280. The van der Waals surface area contributed by atoms with E-state index in [0.717, 1.165) is 93.4 Å². The minimum atomic E-state index is 0.576. The van der Waals surface area contributed by atoms with Gasteiger partial charge in [-0.15, -0.1) is 0 Å². The van der Waals surface area contributed by atoms with Crippen molar-refractivity contribution in [3.63, 3.8) is 0 Å². The number of fused-ring (bicyclic) bond motifs is 11. The third kappa shape index (κ3) is 5.50. The third-order valence-corrected chi connectivity index (χ3v) is 13.4. The standard InChI is InChI=1S/C61H36N4O/c1-2-16-37(17-3-1)38-30-32-39(33-31-38)59-62-60(51-35-42-20-6-7-21-43(42)44-22-8-9-23-45(44)51)64-61(63-59)56-47-25-10-11-26-48(47)57(58-55(56)49-27-13-15-29-54(49)66-58)65-52-28-14-12-24-46(52)50-34-40-18-4-5-19-41(40)36-53(50)65/h1-36H. The molecule has 0 fully saturated rings. The van der Waals surface area contributed by atoms with Gasteiger partial charge in [0, 0.05) is 43.6 Å². The number of hydrogen-bond acceptors (Lipinski definition) is 4. The second kappa shape index (κ2) is 14.3. The van der Waals surface area contributed by atoms with Gasteiger partial charge in [0.25, 0.3) is 0 Å². The van der Waals surface area contributed by atoms with Crippen LogP contribution < -0.4 is 0 Å². The highest BCUT2D eigenvalue weighted by atomic mass is 16.3. The molecule has 0 atom stereocenters. The second-order valence-corrected chi connectivity index (χ2v) is 17.1. The summed E-state index contributed by atoms with van der Waals surface area (Å²) in [6.07, 6.45) is 0. The Balaban J connectivity index is 1.11. The molecule has 0 N–H and O–H groups in total. The van der Waals surface area contributed by atoms with Crippen LogP contribution in [0.3, 0.4) is 0 Å². The van der Waals surface area contributed by atoms with Crippen LogP contribution in [0, 0.1) is 0 Å². The van der Waals surface area contributed by atoms with Crippen LogP contribution in [0.5, 0.6) is 0 Å². The van der Waals surface area contributed by atoms with Crippen molar-refractivity contribution < 1.29 is 4.42 Å². The second-order valence-electron chi connectivity index (χ2n) is 17.1. The Kier molecular flexibility index (Phi) is 7.91. The van der Waals surface area contributed by atoms with E-state index in [0.29, 0.717) is 17.5 Å². The molecule has 0 radical (unpaired) electrons. The topological polar surface area (TPSA) is 56.7 Å². The van der Waals surface area contributed by atoms with Gasteiger partial charge in [0.2, 0.25) is 0 Å². The van der Waals surface area contributed by atoms with Crippen LogP contribution >= 0.6 is 0 Å². The van der Waals surface area contributed by atoms with E-state index >= 15 is 0 Å². The summed E-state index contributed by atoms with van der Waals surface area (Å²) in [6, 6.07) is 77.3.